The largest absolute Gasteiger partial charge is 0.391 e. The van der Waals surface area contributed by atoms with Crippen LogP contribution in [0.5, 0.6) is 0 Å². The lowest BCUT2D eigenvalue weighted by molar-refractivity contribution is -0.135. The number of β-amino-alcohol motifs (C(OH)–C–C–N with tert-alkyl or cyclic N) is 1. The van der Waals surface area contributed by atoms with E-state index in [1.165, 1.54) is 0 Å². The molecule has 1 rings (SSSR count). The molecule has 1 N–H and O–H groups in total. The van der Waals surface area contributed by atoms with Crippen LogP contribution in [0.2, 0.25) is 0 Å². The van der Waals surface area contributed by atoms with Crippen molar-refractivity contribution in [3.63, 3.8) is 0 Å². The van der Waals surface area contributed by atoms with E-state index in [2.05, 4.69) is 13.8 Å². The summed E-state index contributed by atoms with van der Waals surface area (Å²) in [6.07, 6.45) is 4.64. The van der Waals surface area contributed by atoms with Gasteiger partial charge in [0.05, 0.1) is 6.10 Å². The summed E-state index contributed by atoms with van der Waals surface area (Å²) >= 11 is 0. The molecule has 0 aliphatic carbocycles. The summed E-state index contributed by atoms with van der Waals surface area (Å²) in [6, 6.07) is 0. The Balaban J connectivity index is 2.42. The molecule has 0 saturated carbocycles. The molecule has 88 valence electrons. The first-order valence-corrected chi connectivity index (χ1v) is 6.15. The number of aliphatic hydroxyl groups is 1. The number of carbonyl (C=O) groups excluding carboxylic acids is 1. The predicted molar refractivity (Wildman–Crippen MR) is 60.5 cm³/mol. The van der Waals surface area contributed by atoms with Crippen LogP contribution in [-0.4, -0.2) is 35.1 Å². The number of aliphatic hydroxyl groups excluding tert-OH is 1. The lowest BCUT2D eigenvalue weighted by atomic mass is 9.98. The molecule has 0 radical (unpaired) electrons. The molecule has 0 aromatic carbocycles. The van der Waals surface area contributed by atoms with Crippen molar-refractivity contribution in [1.82, 2.24) is 4.90 Å². The normalized spacial score (nSPS) is 23.1. The van der Waals surface area contributed by atoms with Crippen LogP contribution in [0.1, 0.15) is 46.0 Å². The highest BCUT2D eigenvalue weighted by Crippen LogP contribution is 2.19. The van der Waals surface area contributed by atoms with Crippen LogP contribution < -0.4 is 0 Å². The molecule has 15 heavy (non-hydrogen) atoms. The fraction of sp³-hybridized carbons (Fsp3) is 0.917. The molecule has 1 aliphatic rings. The number of hydrogen-bond donors (Lipinski definition) is 1. The molecule has 0 spiro atoms. The molecule has 0 unspecified atom stereocenters. The molecule has 0 aromatic rings. The minimum absolute atomic E-state index is 0.176. The number of carbonyl (C=O) groups is 1. The lowest BCUT2D eigenvalue weighted by Gasteiger charge is -2.22. The quantitative estimate of drug-likeness (QED) is 0.756. The van der Waals surface area contributed by atoms with Gasteiger partial charge in [0, 0.05) is 19.0 Å². The summed E-state index contributed by atoms with van der Waals surface area (Å²) in [5.41, 5.74) is 0. The Morgan fingerprint density at radius 1 is 1.53 bits per heavy atom. The van der Waals surface area contributed by atoms with Gasteiger partial charge in [0.25, 0.3) is 0 Å². The number of amides is 1. The number of likely N-dealkylation sites (tertiary alicyclic amines) is 1. The van der Waals surface area contributed by atoms with Crippen LogP contribution in [0, 0.1) is 5.92 Å². The molecule has 1 fully saturated rings. The number of nitrogens with zero attached hydrogens (tertiary/aromatic N) is 1. The molecule has 2 atom stereocenters. The number of unbranched alkanes of at least 4 members (excludes halogenated alkanes) is 1. The summed E-state index contributed by atoms with van der Waals surface area (Å²) in [4.78, 5) is 13.9. The van der Waals surface area contributed by atoms with Crippen LogP contribution in [-0.2, 0) is 4.79 Å². The first-order valence-electron chi connectivity index (χ1n) is 6.15. The monoisotopic (exact) mass is 213 g/mol. The minimum atomic E-state index is -0.294. The first kappa shape index (κ1) is 12.5. The molecule has 0 aromatic heterocycles. The van der Waals surface area contributed by atoms with Gasteiger partial charge in [-0.1, -0.05) is 26.7 Å². The van der Waals surface area contributed by atoms with E-state index in [0.29, 0.717) is 6.54 Å². The second kappa shape index (κ2) is 6.11. The fourth-order valence-electron chi connectivity index (χ4n) is 2.15. The van der Waals surface area contributed by atoms with Crippen molar-refractivity contribution >= 4 is 5.91 Å². The highest BCUT2D eigenvalue weighted by molar-refractivity contribution is 5.79. The maximum Gasteiger partial charge on any atom is 0.225 e. The first-order chi connectivity index (χ1) is 7.19. The summed E-state index contributed by atoms with van der Waals surface area (Å²) in [5, 5.41) is 9.39. The van der Waals surface area contributed by atoms with Gasteiger partial charge in [-0.25, -0.2) is 0 Å². The van der Waals surface area contributed by atoms with Crippen molar-refractivity contribution < 1.29 is 9.90 Å². The zero-order valence-electron chi connectivity index (χ0n) is 9.91. The molecule has 1 aliphatic heterocycles. The van der Waals surface area contributed by atoms with Crippen LogP contribution >= 0.6 is 0 Å². The van der Waals surface area contributed by atoms with Gasteiger partial charge >= 0.3 is 0 Å². The molecule has 3 nitrogen and oxygen atoms in total. The Labute approximate surface area is 92.5 Å². The van der Waals surface area contributed by atoms with Crippen LogP contribution in [0.15, 0.2) is 0 Å². The Bertz CT molecular complexity index is 206. The van der Waals surface area contributed by atoms with Gasteiger partial charge in [0.1, 0.15) is 0 Å². The van der Waals surface area contributed by atoms with E-state index < -0.39 is 0 Å². The Morgan fingerprint density at radius 2 is 2.27 bits per heavy atom. The van der Waals surface area contributed by atoms with Crippen molar-refractivity contribution in [1.29, 1.82) is 0 Å². The average Bonchev–Trinajstić information content (AvgIpc) is 2.65. The third-order valence-electron chi connectivity index (χ3n) is 3.22. The molecule has 0 bridgehead atoms. The van der Waals surface area contributed by atoms with E-state index in [4.69, 9.17) is 0 Å². The molecule has 3 heteroatoms. The van der Waals surface area contributed by atoms with Gasteiger partial charge in [0.15, 0.2) is 0 Å². The van der Waals surface area contributed by atoms with E-state index >= 15 is 0 Å². The zero-order valence-corrected chi connectivity index (χ0v) is 9.91. The summed E-state index contributed by atoms with van der Waals surface area (Å²) in [5.74, 6) is 0.428. The number of hydrogen-bond acceptors (Lipinski definition) is 2. The fourth-order valence-corrected chi connectivity index (χ4v) is 2.15. The van der Waals surface area contributed by atoms with Crippen molar-refractivity contribution in [3.05, 3.63) is 0 Å². The van der Waals surface area contributed by atoms with E-state index in [9.17, 15) is 9.90 Å². The summed E-state index contributed by atoms with van der Waals surface area (Å²) in [7, 11) is 0. The van der Waals surface area contributed by atoms with Crippen molar-refractivity contribution in [3.8, 4) is 0 Å². The van der Waals surface area contributed by atoms with Crippen molar-refractivity contribution in [2.75, 3.05) is 13.1 Å². The van der Waals surface area contributed by atoms with Gasteiger partial charge in [-0.15, -0.1) is 0 Å². The van der Waals surface area contributed by atoms with E-state index in [-0.39, 0.29) is 17.9 Å². The van der Waals surface area contributed by atoms with Crippen LogP contribution in [0.3, 0.4) is 0 Å². The average molecular weight is 213 g/mol. The Morgan fingerprint density at radius 3 is 2.73 bits per heavy atom. The molecule has 1 amide bonds. The topological polar surface area (TPSA) is 40.5 Å². The van der Waals surface area contributed by atoms with E-state index in [1.54, 1.807) is 0 Å². The maximum atomic E-state index is 12.0. The zero-order chi connectivity index (χ0) is 11.3. The van der Waals surface area contributed by atoms with Gasteiger partial charge in [-0.3, -0.25) is 4.79 Å². The van der Waals surface area contributed by atoms with Crippen LogP contribution in [0.25, 0.3) is 0 Å². The van der Waals surface area contributed by atoms with Gasteiger partial charge in [-0.2, -0.15) is 0 Å². The van der Waals surface area contributed by atoms with E-state index in [1.807, 2.05) is 4.90 Å². The molecular formula is C12H23NO2. The lowest BCUT2D eigenvalue weighted by Crippen LogP contribution is -2.34. The minimum Gasteiger partial charge on any atom is -0.391 e. The third kappa shape index (κ3) is 3.49. The van der Waals surface area contributed by atoms with Crippen molar-refractivity contribution in [2.24, 2.45) is 5.92 Å². The van der Waals surface area contributed by atoms with E-state index in [0.717, 1.165) is 38.6 Å². The Kier molecular flexibility index (Phi) is 5.09. The van der Waals surface area contributed by atoms with Gasteiger partial charge < -0.3 is 10.0 Å². The van der Waals surface area contributed by atoms with Crippen molar-refractivity contribution in [2.45, 2.75) is 52.1 Å². The van der Waals surface area contributed by atoms with Crippen LogP contribution in [0.4, 0.5) is 0 Å². The SMILES string of the molecule is CCCC[C@H](CC)C(=O)N1CC[C@H](O)C1. The smallest absolute Gasteiger partial charge is 0.225 e. The molecule has 1 heterocycles. The molecule has 1 saturated heterocycles. The van der Waals surface area contributed by atoms with Gasteiger partial charge in [0.2, 0.25) is 5.91 Å². The highest BCUT2D eigenvalue weighted by atomic mass is 16.3. The second-order valence-electron chi connectivity index (χ2n) is 4.47. The maximum absolute atomic E-state index is 12.0. The Hall–Kier alpha value is -0.570. The molecular weight excluding hydrogens is 190 g/mol. The number of rotatable bonds is 5. The highest BCUT2D eigenvalue weighted by Gasteiger charge is 2.28. The van der Waals surface area contributed by atoms with Gasteiger partial charge in [-0.05, 0) is 19.3 Å². The third-order valence-corrected chi connectivity index (χ3v) is 3.22. The standard InChI is InChI=1S/C12H23NO2/c1-3-5-6-10(4-2)12(15)13-8-7-11(14)9-13/h10-11,14H,3-9H2,1-2H3/t10-,11-/m0/s1. The second-order valence-corrected chi connectivity index (χ2v) is 4.47. The summed E-state index contributed by atoms with van der Waals surface area (Å²) < 4.78 is 0. The predicted octanol–water partition coefficient (Wildman–Crippen LogP) is 1.80. The summed E-state index contributed by atoms with van der Waals surface area (Å²) in [6.45, 7) is 5.51.